The van der Waals surface area contributed by atoms with Crippen LogP contribution in [0.4, 0.5) is 5.69 Å². The Morgan fingerprint density at radius 1 is 1.12 bits per heavy atom. The van der Waals surface area contributed by atoms with E-state index in [1.165, 1.54) is 24.3 Å². The number of para-hydroxylation sites is 1. The molecule has 7 nitrogen and oxygen atoms in total. The molecule has 0 radical (unpaired) electrons. The van der Waals surface area contributed by atoms with Gasteiger partial charge >= 0.3 is 5.97 Å². The molecule has 0 aliphatic carbocycles. The monoisotopic (exact) mass is 340 g/mol. The van der Waals surface area contributed by atoms with Gasteiger partial charge in [0.1, 0.15) is 5.70 Å². The molecule has 1 amide bonds. The molecule has 0 saturated heterocycles. The zero-order valence-electron chi connectivity index (χ0n) is 13.5. The number of nitro groups is 1. The molecule has 0 aliphatic heterocycles. The average Bonchev–Trinajstić information content (AvgIpc) is 2.62. The van der Waals surface area contributed by atoms with Crippen molar-refractivity contribution in [3.63, 3.8) is 0 Å². The molecule has 0 unspecified atom stereocenters. The predicted molar refractivity (Wildman–Crippen MR) is 91.6 cm³/mol. The van der Waals surface area contributed by atoms with E-state index in [9.17, 15) is 19.7 Å². The molecule has 0 saturated carbocycles. The van der Waals surface area contributed by atoms with Crippen LogP contribution in [0.5, 0.6) is 0 Å². The van der Waals surface area contributed by atoms with Crippen LogP contribution >= 0.6 is 0 Å². The molecule has 0 fully saturated rings. The first-order chi connectivity index (χ1) is 12.0. The number of carbonyl (C=O) groups is 2. The predicted octanol–water partition coefficient (Wildman–Crippen LogP) is 2.93. The van der Waals surface area contributed by atoms with Crippen molar-refractivity contribution < 1.29 is 19.2 Å². The summed E-state index contributed by atoms with van der Waals surface area (Å²) >= 11 is 0. The van der Waals surface area contributed by atoms with E-state index >= 15 is 0 Å². The van der Waals surface area contributed by atoms with Gasteiger partial charge in [0.05, 0.1) is 17.1 Å². The van der Waals surface area contributed by atoms with Crippen LogP contribution in [0.25, 0.3) is 6.08 Å². The van der Waals surface area contributed by atoms with Crippen LogP contribution in [0, 0.1) is 10.1 Å². The van der Waals surface area contributed by atoms with Crippen molar-refractivity contribution in [3.05, 3.63) is 81.5 Å². The van der Waals surface area contributed by atoms with Crippen molar-refractivity contribution in [2.45, 2.75) is 6.92 Å². The van der Waals surface area contributed by atoms with Crippen LogP contribution in [-0.2, 0) is 9.53 Å². The number of nitrogens with zero attached hydrogens (tertiary/aromatic N) is 1. The van der Waals surface area contributed by atoms with Crippen LogP contribution in [0.1, 0.15) is 22.8 Å². The third-order valence-electron chi connectivity index (χ3n) is 3.21. The largest absolute Gasteiger partial charge is 0.461 e. The molecule has 25 heavy (non-hydrogen) atoms. The van der Waals surface area contributed by atoms with Crippen molar-refractivity contribution in [2.75, 3.05) is 6.61 Å². The third-order valence-corrected chi connectivity index (χ3v) is 3.21. The topological polar surface area (TPSA) is 98.5 Å². The van der Waals surface area contributed by atoms with E-state index in [0.29, 0.717) is 5.56 Å². The SMILES string of the molecule is CCOC(=O)C(=Cc1ccccc1[N+](=O)[O-])NC(=O)c1ccccc1. The van der Waals surface area contributed by atoms with Crippen LogP contribution in [0.2, 0.25) is 0 Å². The zero-order valence-corrected chi connectivity index (χ0v) is 13.5. The summed E-state index contributed by atoms with van der Waals surface area (Å²) in [5.74, 6) is -1.29. The summed E-state index contributed by atoms with van der Waals surface area (Å²) in [7, 11) is 0. The van der Waals surface area contributed by atoms with Gasteiger partial charge in [-0.1, -0.05) is 30.3 Å². The number of nitro benzene ring substituents is 1. The van der Waals surface area contributed by atoms with Gasteiger partial charge in [-0.25, -0.2) is 4.79 Å². The molecule has 0 aliphatic rings. The van der Waals surface area contributed by atoms with Crippen LogP contribution < -0.4 is 5.32 Å². The van der Waals surface area contributed by atoms with Gasteiger partial charge in [-0.3, -0.25) is 14.9 Å². The van der Waals surface area contributed by atoms with E-state index in [1.54, 1.807) is 43.3 Å². The number of benzene rings is 2. The van der Waals surface area contributed by atoms with Crippen molar-refractivity contribution in [2.24, 2.45) is 0 Å². The molecule has 128 valence electrons. The first-order valence-electron chi connectivity index (χ1n) is 7.51. The van der Waals surface area contributed by atoms with Gasteiger partial charge in [0.2, 0.25) is 0 Å². The van der Waals surface area contributed by atoms with Gasteiger partial charge in [-0.2, -0.15) is 0 Å². The Balaban J connectivity index is 2.38. The normalized spacial score (nSPS) is 10.8. The third kappa shape index (κ3) is 4.74. The van der Waals surface area contributed by atoms with E-state index < -0.39 is 16.8 Å². The Hall–Kier alpha value is -3.48. The number of nitrogens with one attached hydrogen (secondary N) is 1. The highest BCUT2D eigenvalue weighted by Crippen LogP contribution is 2.20. The summed E-state index contributed by atoms with van der Waals surface area (Å²) < 4.78 is 4.92. The number of hydrogen-bond acceptors (Lipinski definition) is 5. The van der Waals surface area contributed by atoms with Gasteiger partial charge in [0.25, 0.3) is 11.6 Å². The summed E-state index contributed by atoms with van der Waals surface area (Å²) in [6.45, 7) is 1.73. The molecule has 0 heterocycles. The minimum Gasteiger partial charge on any atom is -0.461 e. The highest BCUT2D eigenvalue weighted by atomic mass is 16.6. The van der Waals surface area contributed by atoms with E-state index in [2.05, 4.69) is 5.32 Å². The standard InChI is InChI=1S/C18H16N2O5/c1-2-25-18(22)15(19-17(21)13-8-4-3-5-9-13)12-14-10-6-7-11-16(14)20(23)24/h3-12H,2H2,1H3,(H,19,21). The molecule has 0 aromatic heterocycles. The zero-order chi connectivity index (χ0) is 18.2. The van der Waals surface area contributed by atoms with Crippen molar-refractivity contribution in [3.8, 4) is 0 Å². The number of ether oxygens (including phenoxy) is 1. The van der Waals surface area contributed by atoms with Crippen molar-refractivity contribution >= 4 is 23.6 Å². The fraction of sp³-hybridized carbons (Fsp3) is 0.111. The Labute approximate surface area is 144 Å². The van der Waals surface area contributed by atoms with Gasteiger partial charge in [0, 0.05) is 11.6 Å². The minimum atomic E-state index is -0.773. The molecule has 7 heteroatoms. The maximum Gasteiger partial charge on any atom is 0.354 e. The summed E-state index contributed by atoms with van der Waals surface area (Å²) in [6, 6.07) is 14.2. The summed E-state index contributed by atoms with van der Waals surface area (Å²) in [5.41, 5.74) is 0.174. The Morgan fingerprint density at radius 3 is 2.40 bits per heavy atom. The second-order valence-corrected chi connectivity index (χ2v) is 4.91. The highest BCUT2D eigenvalue weighted by Gasteiger charge is 2.18. The maximum atomic E-state index is 12.3. The van der Waals surface area contributed by atoms with Crippen LogP contribution in [-0.4, -0.2) is 23.4 Å². The van der Waals surface area contributed by atoms with Crippen LogP contribution in [0.3, 0.4) is 0 Å². The Bertz CT molecular complexity index is 815. The Kier molecular flexibility index (Phi) is 6.00. The van der Waals surface area contributed by atoms with Crippen molar-refractivity contribution in [1.82, 2.24) is 5.32 Å². The average molecular weight is 340 g/mol. The number of hydrogen-bond donors (Lipinski definition) is 1. The van der Waals surface area contributed by atoms with E-state index in [4.69, 9.17) is 4.74 Å². The van der Waals surface area contributed by atoms with Gasteiger partial charge in [0.15, 0.2) is 0 Å². The summed E-state index contributed by atoms with van der Waals surface area (Å²) in [5, 5.41) is 13.6. The fourth-order valence-corrected chi connectivity index (χ4v) is 2.07. The highest BCUT2D eigenvalue weighted by molar-refractivity contribution is 6.03. The molecule has 2 rings (SSSR count). The lowest BCUT2D eigenvalue weighted by molar-refractivity contribution is -0.385. The second-order valence-electron chi connectivity index (χ2n) is 4.91. The summed E-state index contributed by atoms with van der Waals surface area (Å²) in [6.07, 6.45) is 1.23. The molecule has 0 spiro atoms. The second kappa shape index (κ2) is 8.39. The van der Waals surface area contributed by atoms with Gasteiger partial charge < -0.3 is 10.1 Å². The quantitative estimate of drug-likeness (QED) is 0.377. The lowest BCUT2D eigenvalue weighted by Crippen LogP contribution is -2.28. The number of amides is 1. The number of rotatable bonds is 6. The van der Waals surface area contributed by atoms with Gasteiger partial charge in [-0.15, -0.1) is 0 Å². The van der Waals surface area contributed by atoms with E-state index in [-0.39, 0.29) is 23.6 Å². The van der Waals surface area contributed by atoms with E-state index in [0.717, 1.165) is 0 Å². The summed E-state index contributed by atoms with van der Waals surface area (Å²) in [4.78, 5) is 35.0. The van der Waals surface area contributed by atoms with Gasteiger partial charge in [-0.05, 0) is 31.2 Å². The Morgan fingerprint density at radius 2 is 1.76 bits per heavy atom. The minimum absolute atomic E-state index is 0.105. The van der Waals surface area contributed by atoms with Crippen molar-refractivity contribution in [1.29, 1.82) is 0 Å². The molecule has 0 bridgehead atoms. The smallest absolute Gasteiger partial charge is 0.354 e. The lowest BCUT2D eigenvalue weighted by Gasteiger charge is -2.09. The molecular formula is C18H16N2O5. The first kappa shape index (κ1) is 17.9. The molecular weight excluding hydrogens is 324 g/mol. The molecule has 0 atom stereocenters. The molecule has 2 aromatic rings. The molecule has 2 aromatic carbocycles. The fourth-order valence-electron chi connectivity index (χ4n) is 2.07. The van der Waals surface area contributed by atoms with E-state index in [1.807, 2.05) is 0 Å². The lowest BCUT2D eigenvalue weighted by atomic mass is 10.1. The van der Waals surface area contributed by atoms with Crippen LogP contribution in [0.15, 0.2) is 60.3 Å². The maximum absolute atomic E-state index is 12.3. The number of esters is 1. The first-order valence-corrected chi connectivity index (χ1v) is 7.51. The number of carbonyl (C=O) groups excluding carboxylic acids is 2. The molecule has 1 N–H and O–H groups in total.